The molecule has 0 radical (unpaired) electrons. The van der Waals surface area contributed by atoms with E-state index in [-0.39, 0.29) is 17.9 Å². The van der Waals surface area contributed by atoms with Crippen molar-refractivity contribution in [2.24, 2.45) is 0 Å². The molecule has 2 amide bonds. The molecule has 1 heterocycles. The number of rotatable bonds is 5. The largest absolute Gasteiger partial charge is 0.481 e. The Morgan fingerprint density at radius 1 is 1.07 bits per heavy atom. The first kappa shape index (κ1) is 19.2. The number of halogens is 1. The second kappa shape index (κ2) is 8.91. The number of likely N-dealkylation sites (tertiary alicyclic amines) is 1. The Labute approximate surface area is 164 Å². The van der Waals surface area contributed by atoms with Crippen LogP contribution >= 0.6 is 11.6 Å². The molecule has 3 rings (SSSR count). The number of hydrogen-bond donors (Lipinski definition) is 1. The van der Waals surface area contributed by atoms with E-state index in [4.69, 9.17) is 16.3 Å². The van der Waals surface area contributed by atoms with E-state index in [1.54, 1.807) is 48.2 Å². The molecule has 0 saturated carbocycles. The van der Waals surface area contributed by atoms with Crippen LogP contribution < -0.4 is 10.1 Å². The maximum absolute atomic E-state index is 12.6. The maximum Gasteiger partial charge on any atom is 0.263 e. The van der Waals surface area contributed by atoms with Crippen LogP contribution in [-0.4, -0.2) is 41.9 Å². The molecule has 0 aromatic heterocycles. The molecule has 0 spiro atoms. The quantitative estimate of drug-likeness (QED) is 0.855. The van der Waals surface area contributed by atoms with Crippen LogP contribution in [0.4, 0.5) is 0 Å². The zero-order valence-corrected chi connectivity index (χ0v) is 16.0. The molecule has 142 valence electrons. The molecule has 1 aliphatic heterocycles. The van der Waals surface area contributed by atoms with Gasteiger partial charge in [0.25, 0.3) is 11.8 Å². The molecular weight excluding hydrogens is 364 g/mol. The number of benzene rings is 2. The zero-order chi connectivity index (χ0) is 19.2. The van der Waals surface area contributed by atoms with E-state index in [1.165, 1.54) is 0 Å². The van der Waals surface area contributed by atoms with Crippen molar-refractivity contribution in [3.8, 4) is 5.75 Å². The summed E-state index contributed by atoms with van der Waals surface area (Å²) in [5, 5.41) is 3.67. The minimum absolute atomic E-state index is 0.0437. The highest BCUT2D eigenvalue weighted by molar-refractivity contribution is 6.30. The third-order valence-electron chi connectivity index (χ3n) is 4.65. The van der Waals surface area contributed by atoms with Crippen LogP contribution in [0.2, 0.25) is 5.02 Å². The van der Waals surface area contributed by atoms with Gasteiger partial charge in [-0.05, 0) is 56.2 Å². The van der Waals surface area contributed by atoms with Gasteiger partial charge in [0, 0.05) is 29.7 Å². The number of hydrogen-bond acceptors (Lipinski definition) is 3. The van der Waals surface area contributed by atoms with Crippen LogP contribution in [0.5, 0.6) is 5.75 Å². The molecule has 1 saturated heterocycles. The number of amides is 2. The molecule has 6 heteroatoms. The molecule has 1 fully saturated rings. The lowest BCUT2D eigenvalue weighted by Crippen LogP contribution is -2.49. The average molecular weight is 387 g/mol. The highest BCUT2D eigenvalue weighted by Gasteiger charge is 2.27. The summed E-state index contributed by atoms with van der Waals surface area (Å²) in [6.45, 7) is 2.96. The summed E-state index contributed by atoms with van der Waals surface area (Å²) in [6.07, 6.45) is 0.900. The van der Waals surface area contributed by atoms with Crippen molar-refractivity contribution in [1.29, 1.82) is 0 Å². The fraction of sp³-hybridized carbons (Fsp3) is 0.333. The lowest BCUT2D eigenvalue weighted by Gasteiger charge is -2.33. The number of carbonyl (C=O) groups is 2. The van der Waals surface area contributed by atoms with Crippen molar-refractivity contribution in [2.45, 2.75) is 31.9 Å². The third-order valence-corrected chi connectivity index (χ3v) is 4.90. The molecule has 0 bridgehead atoms. The Bertz CT molecular complexity index is 772. The highest BCUT2D eigenvalue weighted by atomic mass is 35.5. The van der Waals surface area contributed by atoms with Gasteiger partial charge in [0.2, 0.25) is 0 Å². The standard InChI is InChI=1S/C21H23ClN2O3/c1-15(27-19-9-7-17(22)8-10-19)21(26)24-13-11-18(12-14-24)23-20(25)16-5-3-2-4-6-16/h2-10,15,18H,11-14H2,1H3,(H,23,25)/t15-/m1/s1. The fourth-order valence-electron chi connectivity index (χ4n) is 3.13. The number of piperidine rings is 1. The summed E-state index contributed by atoms with van der Waals surface area (Å²) in [4.78, 5) is 26.6. The van der Waals surface area contributed by atoms with Crippen LogP contribution in [0.3, 0.4) is 0 Å². The second-order valence-corrected chi connectivity index (χ2v) is 7.09. The summed E-state index contributed by atoms with van der Waals surface area (Å²) in [5.74, 6) is 0.503. The van der Waals surface area contributed by atoms with Gasteiger partial charge in [-0.15, -0.1) is 0 Å². The summed E-state index contributed by atoms with van der Waals surface area (Å²) in [7, 11) is 0. The molecule has 2 aromatic carbocycles. The van der Waals surface area contributed by atoms with Crippen molar-refractivity contribution in [3.05, 3.63) is 65.2 Å². The Morgan fingerprint density at radius 3 is 2.33 bits per heavy atom. The molecule has 5 nitrogen and oxygen atoms in total. The second-order valence-electron chi connectivity index (χ2n) is 6.65. The molecule has 0 aliphatic carbocycles. The first-order valence-corrected chi connectivity index (χ1v) is 9.47. The topological polar surface area (TPSA) is 58.6 Å². The highest BCUT2D eigenvalue weighted by Crippen LogP contribution is 2.18. The minimum atomic E-state index is -0.568. The normalized spacial score (nSPS) is 15.9. The van der Waals surface area contributed by atoms with Gasteiger partial charge < -0.3 is 15.0 Å². The third kappa shape index (κ3) is 5.23. The lowest BCUT2D eigenvalue weighted by molar-refractivity contribution is -0.139. The van der Waals surface area contributed by atoms with Gasteiger partial charge in [-0.1, -0.05) is 29.8 Å². The predicted octanol–water partition coefficient (Wildman–Crippen LogP) is 3.53. The molecule has 1 atom stereocenters. The fourth-order valence-corrected chi connectivity index (χ4v) is 3.25. The van der Waals surface area contributed by atoms with Crippen molar-refractivity contribution >= 4 is 23.4 Å². The minimum Gasteiger partial charge on any atom is -0.481 e. The molecular formula is C21H23ClN2O3. The van der Waals surface area contributed by atoms with Crippen LogP contribution in [0, 0.1) is 0 Å². The SMILES string of the molecule is C[C@@H](Oc1ccc(Cl)cc1)C(=O)N1CCC(NC(=O)c2ccccc2)CC1. The number of ether oxygens (including phenoxy) is 1. The van der Waals surface area contributed by atoms with E-state index in [9.17, 15) is 9.59 Å². The summed E-state index contributed by atoms with van der Waals surface area (Å²) in [6, 6.07) is 16.2. The van der Waals surface area contributed by atoms with Crippen molar-refractivity contribution in [1.82, 2.24) is 10.2 Å². The number of nitrogens with one attached hydrogen (secondary N) is 1. The predicted molar refractivity (Wildman–Crippen MR) is 105 cm³/mol. The van der Waals surface area contributed by atoms with E-state index in [2.05, 4.69) is 5.32 Å². The van der Waals surface area contributed by atoms with Gasteiger partial charge in [0.05, 0.1) is 0 Å². The van der Waals surface area contributed by atoms with Gasteiger partial charge in [-0.3, -0.25) is 9.59 Å². The summed E-state index contributed by atoms with van der Waals surface area (Å²) < 4.78 is 5.71. The zero-order valence-electron chi connectivity index (χ0n) is 15.2. The molecule has 1 aliphatic rings. The smallest absolute Gasteiger partial charge is 0.263 e. The van der Waals surface area contributed by atoms with Crippen LogP contribution in [0.1, 0.15) is 30.1 Å². The van der Waals surface area contributed by atoms with E-state index >= 15 is 0 Å². The first-order chi connectivity index (χ1) is 13.0. The Hall–Kier alpha value is -2.53. The molecule has 0 unspecified atom stereocenters. The average Bonchev–Trinajstić information content (AvgIpc) is 2.70. The van der Waals surface area contributed by atoms with Gasteiger partial charge in [0.15, 0.2) is 6.10 Å². The number of carbonyl (C=O) groups excluding carboxylic acids is 2. The van der Waals surface area contributed by atoms with Gasteiger partial charge in [-0.25, -0.2) is 0 Å². The van der Waals surface area contributed by atoms with Gasteiger partial charge >= 0.3 is 0 Å². The monoisotopic (exact) mass is 386 g/mol. The van der Waals surface area contributed by atoms with Gasteiger partial charge in [0.1, 0.15) is 5.75 Å². The lowest BCUT2D eigenvalue weighted by atomic mass is 10.0. The van der Waals surface area contributed by atoms with Gasteiger partial charge in [-0.2, -0.15) is 0 Å². The van der Waals surface area contributed by atoms with E-state index in [1.807, 2.05) is 18.2 Å². The summed E-state index contributed by atoms with van der Waals surface area (Å²) in [5.41, 5.74) is 0.654. The molecule has 27 heavy (non-hydrogen) atoms. The maximum atomic E-state index is 12.6. The van der Waals surface area contributed by atoms with E-state index < -0.39 is 6.10 Å². The Morgan fingerprint density at radius 2 is 1.70 bits per heavy atom. The van der Waals surface area contributed by atoms with Crippen molar-refractivity contribution < 1.29 is 14.3 Å². The van der Waals surface area contributed by atoms with E-state index in [0.717, 1.165) is 12.8 Å². The van der Waals surface area contributed by atoms with E-state index in [0.29, 0.717) is 29.4 Å². The van der Waals surface area contributed by atoms with Crippen molar-refractivity contribution in [2.75, 3.05) is 13.1 Å². The summed E-state index contributed by atoms with van der Waals surface area (Å²) >= 11 is 5.86. The first-order valence-electron chi connectivity index (χ1n) is 9.10. The van der Waals surface area contributed by atoms with Crippen LogP contribution in [0.25, 0.3) is 0 Å². The van der Waals surface area contributed by atoms with Crippen LogP contribution in [-0.2, 0) is 4.79 Å². The number of nitrogens with zero attached hydrogens (tertiary/aromatic N) is 1. The molecule has 2 aromatic rings. The van der Waals surface area contributed by atoms with Crippen LogP contribution in [0.15, 0.2) is 54.6 Å². The Kier molecular flexibility index (Phi) is 6.35. The molecule has 1 N–H and O–H groups in total. The Balaban J connectivity index is 1.47. The van der Waals surface area contributed by atoms with Crippen molar-refractivity contribution in [3.63, 3.8) is 0 Å².